The Labute approximate surface area is 146 Å². The van der Waals surface area contributed by atoms with Crippen molar-refractivity contribution in [2.75, 3.05) is 24.2 Å². The van der Waals surface area contributed by atoms with E-state index in [1.807, 2.05) is 36.6 Å². The van der Waals surface area contributed by atoms with E-state index in [0.29, 0.717) is 6.54 Å². The van der Waals surface area contributed by atoms with Crippen LogP contribution in [0.15, 0.2) is 58.5 Å². The number of hydrogen-bond acceptors (Lipinski definition) is 4. The van der Waals surface area contributed by atoms with Gasteiger partial charge in [-0.1, -0.05) is 30.3 Å². The van der Waals surface area contributed by atoms with Crippen molar-refractivity contribution >= 4 is 29.6 Å². The smallest absolute Gasteiger partial charge is 0.259 e. The highest BCUT2D eigenvalue weighted by Crippen LogP contribution is 2.26. The first-order valence-corrected chi connectivity index (χ1v) is 9.27. The van der Waals surface area contributed by atoms with E-state index in [9.17, 15) is 4.79 Å². The zero-order valence-corrected chi connectivity index (χ0v) is 14.6. The largest absolute Gasteiger partial charge is 0.362 e. The summed E-state index contributed by atoms with van der Waals surface area (Å²) in [5.41, 5.74) is 6.07. The van der Waals surface area contributed by atoms with E-state index in [2.05, 4.69) is 33.6 Å². The van der Waals surface area contributed by atoms with Gasteiger partial charge in [-0.3, -0.25) is 4.79 Å². The molecule has 0 atom stereocenters. The van der Waals surface area contributed by atoms with Crippen molar-refractivity contribution in [2.24, 2.45) is 5.10 Å². The van der Waals surface area contributed by atoms with Gasteiger partial charge in [-0.25, -0.2) is 5.43 Å². The molecule has 0 saturated carbocycles. The van der Waals surface area contributed by atoms with Gasteiger partial charge >= 0.3 is 0 Å². The van der Waals surface area contributed by atoms with Crippen LogP contribution in [-0.2, 0) is 11.2 Å². The normalized spacial score (nSPS) is 13.8. The number of hydrazone groups is 1. The van der Waals surface area contributed by atoms with Crippen LogP contribution in [0.5, 0.6) is 0 Å². The number of carbonyl (C=O) groups excluding carboxylic acids is 1. The molecule has 1 heterocycles. The molecule has 1 amide bonds. The third kappa shape index (κ3) is 4.17. The fourth-order valence-corrected chi connectivity index (χ4v) is 3.26. The maximum atomic E-state index is 12.1. The summed E-state index contributed by atoms with van der Waals surface area (Å²) in [7, 11) is 0. The maximum Gasteiger partial charge on any atom is 0.259 e. The molecule has 0 bridgehead atoms. The molecule has 1 aliphatic heterocycles. The van der Waals surface area contributed by atoms with Crippen LogP contribution >= 0.6 is 11.8 Å². The Kier molecular flexibility index (Phi) is 5.54. The SMILES string of the molecule is CSc1ccc(/C=N\NC(=O)CN2CCCc3ccccc32)cc1. The minimum atomic E-state index is -0.0938. The summed E-state index contributed by atoms with van der Waals surface area (Å²) >= 11 is 1.70. The van der Waals surface area contributed by atoms with E-state index in [-0.39, 0.29) is 5.91 Å². The van der Waals surface area contributed by atoms with Crippen molar-refractivity contribution in [2.45, 2.75) is 17.7 Å². The third-order valence-corrected chi connectivity index (χ3v) is 4.80. The van der Waals surface area contributed by atoms with E-state index in [4.69, 9.17) is 0 Å². The molecule has 4 nitrogen and oxygen atoms in total. The van der Waals surface area contributed by atoms with Crippen molar-refractivity contribution in [3.05, 3.63) is 59.7 Å². The van der Waals surface area contributed by atoms with E-state index >= 15 is 0 Å². The van der Waals surface area contributed by atoms with Crippen LogP contribution in [0.4, 0.5) is 5.69 Å². The van der Waals surface area contributed by atoms with Crippen molar-refractivity contribution in [3.8, 4) is 0 Å². The van der Waals surface area contributed by atoms with E-state index in [1.165, 1.54) is 10.5 Å². The molecule has 124 valence electrons. The second-order valence-electron chi connectivity index (χ2n) is 5.72. The molecule has 3 rings (SSSR count). The number of para-hydroxylation sites is 1. The van der Waals surface area contributed by atoms with Crippen LogP contribution < -0.4 is 10.3 Å². The number of amides is 1. The van der Waals surface area contributed by atoms with E-state index in [1.54, 1.807) is 18.0 Å². The van der Waals surface area contributed by atoms with Crippen molar-refractivity contribution < 1.29 is 4.79 Å². The standard InChI is InChI=1S/C19H21N3OS/c1-24-17-10-8-15(9-11-17)13-20-21-19(23)14-22-12-4-6-16-5-2-3-7-18(16)22/h2-3,5,7-11,13H,4,6,12,14H2,1H3,(H,21,23)/b20-13-. The summed E-state index contributed by atoms with van der Waals surface area (Å²) in [5, 5.41) is 4.06. The van der Waals surface area contributed by atoms with Gasteiger partial charge in [-0.05, 0) is 48.4 Å². The van der Waals surface area contributed by atoms with Gasteiger partial charge in [0.25, 0.3) is 5.91 Å². The summed E-state index contributed by atoms with van der Waals surface area (Å²) in [6, 6.07) is 16.3. The Balaban J connectivity index is 1.55. The van der Waals surface area contributed by atoms with Gasteiger partial charge in [0.2, 0.25) is 0 Å². The van der Waals surface area contributed by atoms with Crippen LogP contribution in [0.25, 0.3) is 0 Å². The van der Waals surface area contributed by atoms with Gasteiger partial charge in [0.05, 0.1) is 12.8 Å². The summed E-state index contributed by atoms with van der Waals surface area (Å²) in [4.78, 5) is 15.5. The summed E-state index contributed by atoms with van der Waals surface area (Å²) in [6.07, 6.45) is 5.88. The molecule has 2 aromatic carbocycles. The molecule has 1 aliphatic rings. The Hall–Kier alpha value is -2.27. The van der Waals surface area contributed by atoms with Gasteiger partial charge in [0.1, 0.15) is 0 Å². The zero-order valence-electron chi connectivity index (χ0n) is 13.7. The lowest BCUT2D eigenvalue weighted by atomic mass is 10.0. The van der Waals surface area contributed by atoms with Crippen molar-refractivity contribution in [1.82, 2.24) is 5.43 Å². The van der Waals surface area contributed by atoms with Crippen LogP contribution in [0.2, 0.25) is 0 Å². The van der Waals surface area contributed by atoms with Gasteiger partial charge in [0.15, 0.2) is 0 Å². The molecular weight excluding hydrogens is 318 g/mol. The minimum Gasteiger partial charge on any atom is -0.362 e. The zero-order chi connectivity index (χ0) is 16.8. The Morgan fingerprint density at radius 3 is 2.83 bits per heavy atom. The quantitative estimate of drug-likeness (QED) is 0.516. The fourth-order valence-electron chi connectivity index (χ4n) is 2.85. The van der Waals surface area contributed by atoms with E-state index < -0.39 is 0 Å². The molecular formula is C19H21N3OS. The molecule has 0 spiro atoms. The first-order chi connectivity index (χ1) is 11.8. The predicted molar refractivity (Wildman–Crippen MR) is 101 cm³/mol. The predicted octanol–water partition coefficient (Wildman–Crippen LogP) is 3.31. The number of benzene rings is 2. The number of aryl methyl sites for hydroxylation is 1. The van der Waals surface area contributed by atoms with Gasteiger partial charge < -0.3 is 4.90 Å². The molecule has 0 aliphatic carbocycles. The lowest BCUT2D eigenvalue weighted by Crippen LogP contribution is -2.38. The second kappa shape index (κ2) is 8.02. The molecule has 0 fully saturated rings. The van der Waals surface area contributed by atoms with Gasteiger partial charge in [-0.2, -0.15) is 5.10 Å². The molecule has 0 aromatic heterocycles. The van der Waals surface area contributed by atoms with Gasteiger partial charge in [-0.15, -0.1) is 11.8 Å². The number of carbonyl (C=O) groups is 1. The molecule has 5 heteroatoms. The van der Waals surface area contributed by atoms with Crippen LogP contribution in [0, 0.1) is 0 Å². The molecule has 24 heavy (non-hydrogen) atoms. The molecule has 0 saturated heterocycles. The third-order valence-electron chi connectivity index (χ3n) is 4.06. The highest BCUT2D eigenvalue weighted by molar-refractivity contribution is 7.98. The fraction of sp³-hybridized carbons (Fsp3) is 0.263. The number of nitrogens with one attached hydrogen (secondary N) is 1. The number of fused-ring (bicyclic) bond motifs is 1. The summed E-state index contributed by atoms with van der Waals surface area (Å²) in [6.45, 7) is 1.24. The molecule has 0 radical (unpaired) electrons. The lowest BCUT2D eigenvalue weighted by Gasteiger charge is -2.30. The lowest BCUT2D eigenvalue weighted by molar-refractivity contribution is -0.119. The molecule has 2 aromatic rings. The van der Waals surface area contributed by atoms with Crippen molar-refractivity contribution in [3.63, 3.8) is 0 Å². The molecule has 1 N–H and O–H groups in total. The average molecular weight is 339 g/mol. The topological polar surface area (TPSA) is 44.7 Å². The Morgan fingerprint density at radius 1 is 1.25 bits per heavy atom. The summed E-state index contributed by atoms with van der Waals surface area (Å²) in [5.74, 6) is -0.0938. The van der Waals surface area contributed by atoms with Crippen LogP contribution in [0.3, 0.4) is 0 Å². The van der Waals surface area contributed by atoms with Gasteiger partial charge in [0, 0.05) is 17.1 Å². The Bertz CT molecular complexity index is 728. The Morgan fingerprint density at radius 2 is 2.04 bits per heavy atom. The number of anilines is 1. The second-order valence-corrected chi connectivity index (χ2v) is 6.60. The highest BCUT2D eigenvalue weighted by Gasteiger charge is 2.18. The maximum absolute atomic E-state index is 12.1. The van der Waals surface area contributed by atoms with Crippen LogP contribution in [-0.4, -0.2) is 31.5 Å². The highest BCUT2D eigenvalue weighted by atomic mass is 32.2. The average Bonchev–Trinajstić information content (AvgIpc) is 2.63. The molecule has 0 unspecified atom stereocenters. The number of thioether (sulfide) groups is 1. The number of nitrogens with zero attached hydrogens (tertiary/aromatic N) is 2. The van der Waals surface area contributed by atoms with E-state index in [0.717, 1.165) is 30.6 Å². The van der Waals surface area contributed by atoms with Crippen LogP contribution in [0.1, 0.15) is 17.5 Å². The summed E-state index contributed by atoms with van der Waals surface area (Å²) < 4.78 is 0. The monoisotopic (exact) mass is 339 g/mol. The number of hydrogen-bond donors (Lipinski definition) is 1. The minimum absolute atomic E-state index is 0.0938. The first kappa shape index (κ1) is 16.6. The first-order valence-electron chi connectivity index (χ1n) is 8.05. The van der Waals surface area contributed by atoms with Crippen molar-refractivity contribution in [1.29, 1.82) is 0 Å². The number of rotatable bonds is 5.